The molecule has 0 aliphatic carbocycles. The first kappa shape index (κ1) is 20.2. The zero-order valence-corrected chi connectivity index (χ0v) is 16.6. The molecule has 8 heteroatoms. The third-order valence-electron chi connectivity index (χ3n) is 4.79. The number of rotatable bonds is 7. The number of nitrogens with one attached hydrogen (secondary N) is 1. The van der Waals surface area contributed by atoms with Gasteiger partial charge in [0.25, 0.3) is 0 Å². The van der Waals surface area contributed by atoms with Crippen molar-refractivity contribution in [2.75, 3.05) is 14.2 Å². The topological polar surface area (TPSA) is 91.6 Å². The van der Waals surface area contributed by atoms with Gasteiger partial charge in [-0.1, -0.05) is 24.3 Å². The average molecular weight is 397 g/mol. The molecule has 1 N–H and O–H groups in total. The Morgan fingerprint density at radius 3 is 2.38 bits per heavy atom. The largest absolute Gasteiger partial charge is 0.493 e. The molecular weight excluding hydrogens is 374 g/mol. The maximum absolute atomic E-state index is 12.4. The van der Waals surface area contributed by atoms with Crippen molar-refractivity contribution >= 4 is 16.9 Å². The molecule has 0 radical (unpaired) electrons. The van der Waals surface area contributed by atoms with Gasteiger partial charge in [0, 0.05) is 32.1 Å². The molecule has 0 atom stereocenters. The Morgan fingerprint density at radius 2 is 1.69 bits per heavy atom. The van der Waals surface area contributed by atoms with Gasteiger partial charge in [0.2, 0.25) is 5.91 Å². The number of hydrogen-bond acceptors (Lipinski definition) is 5. The van der Waals surface area contributed by atoms with Crippen LogP contribution < -0.4 is 25.9 Å². The van der Waals surface area contributed by atoms with Gasteiger partial charge in [0.1, 0.15) is 0 Å². The van der Waals surface area contributed by atoms with Crippen molar-refractivity contribution in [1.82, 2.24) is 14.5 Å². The van der Waals surface area contributed by atoms with E-state index in [9.17, 15) is 14.4 Å². The van der Waals surface area contributed by atoms with Crippen molar-refractivity contribution in [3.8, 4) is 11.5 Å². The van der Waals surface area contributed by atoms with Crippen molar-refractivity contribution < 1.29 is 14.3 Å². The Labute approximate surface area is 167 Å². The molecule has 3 aromatic rings. The van der Waals surface area contributed by atoms with Crippen LogP contribution in [-0.2, 0) is 24.9 Å². The standard InChI is InChI=1S/C21H23N3O5/c1-23-15-8-4-5-9-16(15)24(21(27)20(23)26)12-11-18(25)22-13-14-7-6-10-17(28-2)19(14)29-3/h4-10H,11-13H2,1-3H3,(H,22,25). The summed E-state index contributed by atoms with van der Waals surface area (Å²) >= 11 is 0. The van der Waals surface area contributed by atoms with E-state index in [2.05, 4.69) is 5.32 Å². The summed E-state index contributed by atoms with van der Waals surface area (Å²) in [6.45, 7) is 0.363. The van der Waals surface area contributed by atoms with Crippen LogP contribution >= 0.6 is 0 Å². The first-order chi connectivity index (χ1) is 14.0. The van der Waals surface area contributed by atoms with Crippen LogP contribution in [-0.4, -0.2) is 29.3 Å². The normalized spacial score (nSPS) is 10.7. The predicted octanol–water partition coefficient (Wildman–Crippen LogP) is 1.42. The number of aryl methyl sites for hydroxylation is 2. The summed E-state index contributed by atoms with van der Waals surface area (Å²) in [4.78, 5) is 37.0. The lowest BCUT2D eigenvalue weighted by Gasteiger charge is -2.14. The molecule has 0 aliphatic rings. The lowest BCUT2D eigenvalue weighted by Crippen LogP contribution is -2.41. The highest BCUT2D eigenvalue weighted by Gasteiger charge is 2.13. The second-order valence-corrected chi connectivity index (χ2v) is 6.49. The molecule has 1 aromatic heterocycles. The molecule has 0 saturated heterocycles. The number of aromatic nitrogens is 2. The maximum atomic E-state index is 12.4. The molecule has 0 spiro atoms. The smallest absolute Gasteiger partial charge is 0.316 e. The summed E-state index contributed by atoms with van der Waals surface area (Å²) in [6.07, 6.45) is 0.0589. The molecule has 0 unspecified atom stereocenters. The minimum atomic E-state index is -0.645. The monoisotopic (exact) mass is 397 g/mol. The van der Waals surface area contributed by atoms with E-state index in [1.54, 1.807) is 44.5 Å². The Balaban J connectivity index is 1.74. The SMILES string of the molecule is COc1cccc(CNC(=O)CCn2c(=O)c(=O)n(C)c3ccccc32)c1OC. The number of ether oxygens (including phenoxy) is 2. The van der Waals surface area contributed by atoms with E-state index in [1.165, 1.54) is 16.2 Å². The van der Waals surface area contributed by atoms with Crippen molar-refractivity contribution in [1.29, 1.82) is 0 Å². The minimum Gasteiger partial charge on any atom is -0.493 e. The summed E-state index contributed by atoms with van der Waals surface area (Å²) in [5.74, 6) is 0.896. The molecular formula is C21H23N3O5. The Kier molecular flexibility index (Phi) is 6.01. The van der Waals surface area contributed by atoms with E-state index >= 15 is 0 Å². The number of para-hydroxylation sites is 3. The van der Waals surface area contributed by atoms with Gasteiger partial charge in [0.05, 0.1) is 25.3 Å². The van der Waals surface area contributed by atoms with Gasteiger partial charge in [-0.25, -0.2) is 0 Å². The molecule has 1 heterocycles. The van der Waals surface area contributed by atoms with Gasteiger partial charge in [-0.05, 0) is 18.2 Å². The Morgan fingerprint density at radius 1 is 0.966 bits per heavy atom. The molecule has 2 aromatic carbocycles. The van der Waals surface area contributed by atoms with Crippen molar-refractivity contribution in [2.24, 2.45) is 7.05 Å². The lowest BCUT2D eigenvalue weighted by molar-refractivity contribution is -0.121. The number of methoxy groups -OCH3 is 2. The molecule has 29 heavy (non-hydrogen) atoms. The number of carbonyl (C=O) groups is 1. The van der Waals surface area contributed by atoms with E-state index in [0.717, 1.165) is 5.56 Å². The fourth-order valence-electron chi connectivity index (χ4n) is 3.26. The Bertz CT molecular complexity index is 1160. The third-order valence-corrected chi connectivity index (χ3v) is 4.79. The highest BCUT2D eigenvalue weighted by molar-refractivity contribution is 5.77. The minimum absolute atomic E-state index is 0.0589. The third kappa shape index (κ3) is 4.01. The fourth-order valence-corrected chi connectivity index (χ4v) is 3.26. The van der Waals surface area contributed by atoms with E-state index < -0.39 is 11.1 Å². The van der Waals surface area contributed by atoms with Crippen LogP contribution in [0.4, 0.5) is 0 Å². The van der Waals surface area contributed by atoms with Gasteiger partial charge in [0.15, 0.2) is 11.5 Å². The summed E-state index contributed by atoms with van der Waals surface area (Å²) in [5.41, 5.74) is 0.760. The number of carbonyl (C=O) groups excluding carboxylic acids is 1. The van der Waals surface area contributed by atoms with Gasteiger partial charge >= 0.3 is 11.1 Å². The van der Waals surface area contributed by atoms with Gasteiger partial charge < -0.3 is 23.9 Å². The van der Waals surface area contributed by atoms with Crippen molar-refractivity contribution in [3.63, 3.8) is 0 Å². The first-order valence-electron chi connectivity index (χ1n) is 9.13. The molecule has 8 nitrogen and oxygen atoms in total. The van der Waals surface area contributed by atoms with Gasteiger partial charge in [-0.15, -0.1) is 0 Å². The second-order valence-electron chi connectivity index (χ2n) is 6.49. The zero-order valence-electron chi connectivity index (χ0n) is 16.6. The quantitative estimate of drug-likeness (QED) is 0.609. The van der Waals surface area contributed by atoms with Crippen LogP contribution in [0.3, 0.4) is 0 Å². The maximum Gasteiger partial charge on any atom is 0.316 e. The summed E-state index contributed by atoms with van der Waals surface area (Å²) < 4.78 is 13.3. The predicted molar refractivity (Wildman–Crippen MR) is 109 cm³/mol. The van der Waals surface area contributed by atoms with Crippen LogP contribution in [0.25, 0.3) is 11.0 Å². The molecule has 1 amide bonds. The number of fused-ring (bicyclic) bond motifs is 1. The highest BCUT2D eigenvalue weighted by Crippen LogP contribution is 2.30. The number of benzene rings is 2. The van der Waals surface area contributed by atoms with Crippen molar-refractivity contribution in [2.45, 2.75) is 19.5 Å². The molecule has 152 valence electrons. The van der Waals surface area contributed by atoms with Crippen LogP contribution in [0.5, 0.6) is 11.5 Å². The van der Waals surface area contributed by atoms with Gasteiger partial charge in [-0.3, -0.25) is 14.4 Å². The average Bonchev–Trinajstić information content (AvgIpc) is 2.75. The van der Waals surface area contributed by atoms with E-state index in [1.807, 2.05) is 12.1 Å². The summed E-state index contributed by atoms with van der Waals surface area (Å²) in [7, 11) is 4.65. The molecule has 3 rings (SSSR count). The molecule has 0 saturated carbocycles. The van der Waals surface area contributed by atoms with Gasteiger partial charge in [-0.2, -0.15) is 0 Å². The second kappa shape index (κ2) is 8.64. The molecule has 0 bridgehead atoms. The van der Waals surface area contributed by atoms with Crippen LogP contribution in [0, 0.1) is 0 Å². The molecule has 0 fully saturated rings. The number of nitrogens with zero attached hydrogens (tertiary/aromatic N) is 2. The van der Waals surface area contributed by atoms with E-state index in [0.29, 0.717) is 22.5 Å². The lowest BCUT2D eigenvalue weighted by atomic mass is 10.2. The van der Waals surface area contributed by atoms with Crippen molar-refractivity contribution in [3.05, 3.63) is 68.7 Å². The number of hydrogen-bond donors (Lipinski definition) is 1. The number of amides is 1. The first-order valence-corrected chi connectivity index (χ1v) is 9.13. The van der Waals surface area contributed by atoms with E-state index in [-0.39, 0.29) is 25.4 Å². The summed E-state index contributed by atoms with van der Waals surface area (Å²) in [6, 6.07) is 12.5. The van der Waals surface area contributed by atoms with Crippen LogP contribution in [0.1, 0.15) is 12.0 Å². The summed E-state index contributed by atoms with van der Waals surface area (Å²) in [5, 5.41) is 2.82. The Hall–Kier alpha value is -3.55. The fraction of sp³-hybridized carbons (Fsp3) is 0.286. The highest BCUT2D eigenvalue weighted by atomic mass is 16.5. The van der Waals surface area contributed by atoms with Crippen LogP contribution in [0.2, 0.25) is 0 Å². The zero-order chi connectivity index (χ0) is 21.0. The van der Waals surface area contributed by atoms with E-state index in [4.69, 9.17) is 9.47 Å². The molecule has 0 aliphatic heterocycles. The van der Waals surface area contributed by atoms with Crippen LogP contribution in [0.15, 0.2) is 52.1 Å².